The third-order valence-corrected chi connectivity index (χ3v) is 4.33. The number of aromatic hydroxyl groups is 1. The van der Waals surface area contributed by atoms with E-state index < -0.39 is 0 Å². The lowest BCUT2D eigenvalue weighted by Gasteiger charge is -2.10. The van der Waals surface area contributed by atoms with Crippen molar-refractivity contribution in [2.24, 2.45) is 0 Å². The summed E-state index contributed by atoms with van der Waals surface area (Å²) in [6, 6.07) is 10.4. The first kappa shape index (κ1) is 13.9. The minimum atomic E-state index is -0.176. The molecule has 21 heavy (non-hydrogen) atoms. The van der Waals surface area contributed by atoms with Crippen molar-refractivity contribution in [3.8, 4) is 5.75 Å². The van der Waals surface area contributed by atoms with E-state index in [0.717, 1.165) is 0 Å². The Bertz CT molecular complexity index is 722. The first-order valence-electron chi connectivity index (χ1n) is 6.21. The standard InChI is InChI=1S/C15H11NO3S2/c17-13-6-2-1-4-10(13)8-12-14(18)16(21-15(12)20)9-11-5-3-7-19-11/h1-8,17H,9H2. The molecule has 106 valence electrons. The van der Waals surface area contributed by atoms with Gasteiger partial charge in [-0.05, 0) is 24.3 Å². The molecule has 4 nitrogen and oxygen atoms in total. The molecule has 0 bridgehead atoms. The van der Waals surface area contributed by atoms with Gasteiger partial charge in [-0.3, -0.25) is 9.10 Å². The average molecular weight is 317 g/mol. The van der Waals surface area contributed by atoms with Crippen LogP contribution in [-0.4, -0.2) is 19.5 Å². The summed E-state index contributed by atoms with van der Waals surface area (Å²) >= 11 is 6.46. The van der Waals surface area contributed by atoms with Gasteiger partial charge >= 0.3 is 0 Å². The van der Waals surface area contributed by atoms with Crippen LogP contribution in [0.5, 0.6) is 5.75 Å². The minimum absolute atomic E-state index is 0.120. The second-order valence-corrected chi connectivity index (χ2v) is 6.11. The molecule has 1 fully saturated rings. The molecular formula is C15H11NO3S2. The molecule has 6 heteroatoms. The van der Waals surface area contributed by atoms with Gasteiger partial charge in [-0.15, -0.1) is 0 Å². The molecule has 3 rings (SSSR count). The summed E-state index contributed by atoms with van der Waals surface area (Å²) in [7, 11) is 0. The van der Waals surface area contributed by atoms with Crippen molar-refractivity contribution in [3.63, 3.8) is 0 Å². The summed E-state index contributed by atoms with van der Waals surface area (Å²) in [5, 5.41) is 9.78. The van der Waals surface area contributed by atoms with Gasteiger partial charge in [0.25, 0.3) is 5.91 Å². The van der Waals surface area contributed by atoms with Gasteiger partial charge < -0.3 is 9.52 Å². The monoisotopic (exact) mass is 317 g/mol. The third-order valence-electron chi connectivity index (χ3n) is 2.99. The number of amides is 1. The Morgan fingerprint density at radius 3 is 2.81 bits per heavy atom. The van der Waals surface area contributed by atoms with E-state index in [1.807, 2.05) is 6.07 Å². The Hall–Kier alpha value is -2.05. The van der Waals surface area contributed by atoms with Crippen LogP contribution in [0.4, 0.5) is 0 Å². The predicted molar refractivity (Wildman–Crippen MR) is 85.5 cm³/mol. The number of rotatable bonds is 3. The van der Waals surface area contributed by atoms with Gasteiger partial charge in [-0.1, -0.05) is 30.4 Å². The van der Waals surface area contributed by atoms with Gasteiger partial charge in [-0.2, -0.15) is 0 Å². The zero-order valence-electron chi connectivity index (χ0n) is 10.9. The number of phenolic OH excluding ortho intramolecular Hbond substituents is 1. The van der Waals surface area contributed by atoms with Crippen LogP contribution < -0.4 is 0 Å². The van der Waals surface area contributed by atoms with Crippen LogP contribution in [0.3, 0.4) is 0 Å². The molecule has 0 aliphatic carbocycles. The molecule has 0 atom stereocenters. The third kappa shape index (κ3) is 2.86. The number of hydrogen-bond donors (Lipinski definition) is 1. The maximum atomic E-state index is 12.4. The van der Waals surface area contributed by atoms with Gasteiger partial charge in [0.05, 0.1) is 18.4 Å². The van der Waals surface area contributed by atoms with Crippen molar-refractivity contribution in [1.29, 1.82) is 0 Å². The smallest absolute Gasteiger partial charge is 0.266 e. The van der Waals surface area contributed by atoms with E-state index in [4.69, 9.17) is 16.6 Å². The van der Waals surface area contributed by atoms with Crippen LogP contribution >= 0.6 is 24.2 Å². The molecule has 2 aromatic rings. The fourth-order valence-electron chi connectivity index (χ4n) is 1.95. The number of nitrogens with zero attached hydrogens (tertiary/aromatic N) is 1. The highest BCUT2D eigenvalue weighted by molar-refractivity contribution is 8.23. The average Bonchev–Trinajstić information content (AvgIpc) is 3.05. The van der Waals surface area contributed by atoms with E-state index in [1.165, 1.54) is 11.9 Å². The van der Waals surface area contributed by atoms with Crippen molar-refractivity contribution < 1.29 is 14.3 Å². The van der Waals surface area contributed by atoms with E-state index in [9.17, 15) is 9.90 Å². The van der Waals surface area contributed by atoms with Crippen molar-refractivity contribution in [2.45, 2.75) is 6.54 Å². The Balaban J connectivity index is 1.85. The van der Waals surface area contributed by atoms with E-state index in [-0.39, 0.29) is 11.7 Å². The van der Waals surface area contributed by atoms with Crippen molar-refractivity contribution in [1.82, 2.24) is 4.31 Å². The van der Waals surface area contributed by atoms with E-state index in [0.29, 0.717) is 27.6 Å². The highest BCUT2D eigenvalue weighted by atomic mass is 32.2. The predicted octanol–water partition coefficient (Wildman–Crippen LogP) is 3.39. The molecule has 0 radical (unpaired) electrons. The maximum Gasteiger partial charge on any atom is 0.266 e. The quantitative estimate of drug-likeness (QED) is 0.534. The van der Waals surface area contributed by atoms with E-state index in [2.05, 4.69) is 0 Å². The number of thiocarbonyl (C=S) groups is 1. The molecule has 1 aliphatic rings. The number of benzene rings is 1. The van der Waals surface area contributed by atoms with Crippen LogP contribution in [0.1, 0.15) is 11.3 Å². The van der Waals surface area contributed by atoms with Gasteiger partial charge in [0, 0.05) is 17.5 Å². The van der Waals surface area contributed by atoms with Crippen LogP contribution in [0.2, 0.25) is 0 Å². The highest BCUT2D eigenvalue weighted by Crippen LogP contribution is 2.33. The fourth-order valence-corrected chi connectivity index (χ4v) is 3.18. The molecule has 0 spiro atoms. The second kappa shape index (κ2) is 5.75. The Kier molecular flexibility index (Phi) is 3.81. The summed E-state index contributed by atoms with van der Waals surface area (Å²) in [4.78, 5) is 12.4. The van der Waals surface area contributed by atoms with Gasteiger partial charge in [-0.25, -0.2) is 0 Å². The number of phenols is 1. The summed E-state index contributed by atoms with van der Waals surface area (Å²) in [6.07, 6.45) is 3.19. The minimum Gasteiger partial charge on any atom is -0.507 e. The fraction of sp³-hybridized carbons (Fsp3) is 0.0667. The molecule has 2 heterocycles. The van der Waals surface area contributed by atoms with Crippen LogP contribution in [-0.2, 0) is 11.3 Å². The molecular weight excluding hydrogens is 306 g/mol. The number of carbonyl (C=O) groups is 1. The summed E-state index contributed by atoms with van der Waals surface area (Å²) in [5.74, 6) is 0.641. The molecule has 1 aromatic carbocycles. The highest BCUT2D eigenvalue weighted by Gasteiger charge is 2.32. The first-order chi connectivity index (χ1) is 10.1. The summed E-state index contributed by atoms with van der Waals surface area (Å²) in [5.41, 5.74) is 0.992. The molecule has 1 aromatic heterocycles. The van der Waals surface area contributed by atoms with E-state index in [1.54, 1.807) is 47.0 Å². The Morgan fingerprint density at radius 2 is 2.10 bits per heavy atom. The Labute approximate surface area is 131 Å². The van der Waals surface area contributed by atoms with Gasteiger partial charge in [0.2, 0.25) is 0 Å². The maximum absolute atomic E-state index is 12.4. The van der Waals surface area contributed by atoms with Crippen molar-refractivity contribution in [3.05, 3.63) is 59.6 Å². The van der Waals surface area contributed by atoms with Crippen LogP contribution in [0, 0.1) is 0 Å². The second-order valence-electron chi connectivity index (χ2n) is 4.42. The topological polar surface area (TPSA) is 53.7 Å². The molecule has 1 saturated heterocycles. The zero-order chi connectivity index (χ0) is 14.8. The Morgan fingerprint density at radius 1 is 1.29 bits per heavy atom. The molecule has 0 unspecified atom stereocenters. The molecule has 0 saturated carbocycles. The molecule has 1 aliphatic heterocycles. The molecule has 1 amide bonds. The first-order valence-corrected chi connectivity index (χ1v) is 7.39. The van der Waals surface area contributed by atoms with Gasteiger partial charge in [0.15, 0.2) is 0 Å². The van der Waals surface area contributed by atoms with E-state index >= 15 is 0 Å². The largest absolute Gasteiger partial charge is 0.507 e. The van der Waals surface area contributed by atoms with Gasteiger partial charge in [0.1, 0.15) is 15.7 Å². The number of para-hydroxylation sites is 1. The lowest BCUT2D eigenvalue weighted by Crippen LogP contribution is -2.18. The van der Waals surface area contributed by atoms with Crippen LogP contribution in [0.15, 0.2) is 52.7 Å². The lowest BCUT2D eigenvalue weighted by atomic mass is 10.1. The van der Waals surface area contributed by atoms with Crippen molar-refractivity contribution in [2.75, 3.05) is 0 Å². The lowest BCUT2D eigenvalue weighted by molar-refractivity contribution is -0.121. The molecule has 1 N–H and O–H groups in total. The number of carbonyl (C=O) groups excluding carboxylic acids is 1. The number of furan rings is 1. The summed E-state index contributed by atoms with van der Waals surface area (Å²) in [6.45, 7) is 0.356. The summed E-state index contributed by atoms with van der Waals surface area (Å²) < 4.78 is 7.29. The number of hydrogen-bond acceptors (Lipinski definition) is 5. The van der Waals surface area contributed by atoms with Crippen LogP contribution in [0.25, 0.3) is 6.08 Å². The van der Waals surface area contributed by atoms with Crippen molar-refractivity contribution >= 4 is 40.3 Å². The SMILES string of the molecule is O=C1C(=Cc2ccccc2O)C(=S)SN1Cc1ccco1. The zero-order valence-corrected chi connectivity index (χ0v) is 12.5. The normalized spacial score (nSPS) is 17.0.